The van der Waals surface area contributed by atoms with E-state index in [9.17, 15) is 9.59 Å². The fraction of sp³-hybridized carbons (Fsp3) is 0.136. The summed E-state index contributed by atoms with van der Waals surface area (Å²) < 4.78 is 27.1. The molecule has 8 heteroatoms. The van der Waals surface area contributed by atoms with Crippen molar-refractivity contribution in [2.24, 2.45) is 0 Å². The Morgan fingerprint density at radius 2 is 1.83 bits per heavy atom. The van der Waals surface area contributed by atoms with E-state index in [4.69, 9.17) is 23.2 Å². The number of carbonyl (C=O) groups is 1. The molecule has 0 saturated carbocycles. The van der Waals surface area contributed by atoms with Crippen LogP contribution in [0, 0.1) is 0 Å². The van der Waals surface area contributed by atoms with Gasteiger partial charge in [0.2, 0.25) is 5.76 Å². The van der Waals surface area contributed by atoms with E-state index in [0.29, 0.717) is 47.1 Å². The van der Waals surface area contributed by atoms with Crippen LogP contribution in [0.1, 0.15) is 16.2 Å². The highest BCUT2D eigenvalue weighted by Crippen LogP contribution is 2.34. The number of hydrogen-bond acceptors (Lipinski definition) is 8. The Kier molecular flexibility index (Phi) is 4.44. The lowest BCUT2D eigenvalue weighted by molar-refractivity contribution is 0.0428. The topological polar surface area (TPSA) is 101 Å². The van der Waals surface area contributed by atoms with E-state index in [1.54, 1.807) is 42.5 Å². The summed E-state index contributed by atoms with van der Waals surface area (Å²) in [7, 11) is 0. The molecule has 8 nitrogen and oxygen atoms in total. The second-order valence-electron chi connectivity index (χ2n) is 6.59. The fourth-order valence-electron chi connectivity index (χ4n) is 3.13. The molecule has 0 bridgehead atoms. The van der Waals surface area contributed by atoms with Gasteiger partial charge in [0.25, 0.3) is 0 Å². The highest BCUT2D eigenvalue weighted by molar-refractivity contribution is 5.88. The predicted molar refractivity (Wildman–Crippen MR) is 105 cm³/mol. The van der Waals surface area contributed by atoms with Gasteiger partial charge in [0.1, 0.15) is 31.1 Å². The van der Waals surface area contributed by atoms with Gasteiger partial charge in [-0.05, 0) is 30.3 Å². The normalized spacial score (nSPS) is 12.7. The molecule has 0 atom stereocenters. The number of hydrogen-bond donors (Lipinski definition) is 0. The van der Waals surface area contributed by atoms with Gasteiger partial charge >= 0.3 is 5.97 Å². The summed E-state index contributed by atoms with van der Waals surface area (Å²) >= 11 is 0. The molecule has 30 heavy (non-hydrogen) atoms. The van der Waals surface area contributed by atoms with E-state index >= 15 is 0 Å². The third-order valence-corrected chi connectivity index (χ3v) is 4.57. The molecule has 0 fully saturated rings. The van der Waals surface area contributed by atoms with Crippen LogP contribution in [0.15, 0.2) is 68.3 Å². The van der Waals surface area contributed by atoms with Gasteiger partial charge in [0, 0.05) is 17.7 Å². The highest BCUT2D eigenvalue weighted by Gasteiger charge is 2.17. The molecule has 0 aliphatic carbocycles. The Morgan fingerprint density at radius 1 is 1.00 bits per heavy atom. The van der Waals surface area contributed by atoms with Crippen LogP contribution in [0.3, 0.4) is 0 Å². The number of rotatable bonds is 4. The number of ether oxygens (including phenoxy) is 3. The molecular weight excluding hydrogens is 390 g/mol. The Morgan fingerprint density at radius 3 is 2.73 bits per heavy atom. The first-order chi connectivity index (χ1) is 14.7. The molecule has 0 amide bonds. The lowest BCUT2D eigenvalue weighted by Gasteiger charge is -2.18. The van der Waals surface area contributed by atoms with E-state index in [2.05, 4.69) is 5.16 Å². The Balaban J connectivity index is 1.30. The lowest BCUT2D eigenvalue weighted by atomic mass is 10.1. The van der Waals surface area contributed by atoms with Crippen LogP contribution >= 0.6 is 0 Å². The minimum Gasteiger partial charge on any atom is -0.486 e. The van der Waals surface area contributed by atoms with Gasteiger partial charge in [0.15, 0.2) is 22.7 Å². The molecule has 0 unspecified atom stereocenters. The summed E-state index contributed by atoms with van der Waals surface area (Å²) in [5.74, 6) is 0.872. The van der Waals surface area contributed by atoms with Crippen LogP contribution < -0.4 is 14.9 Å². The van der Waals surface area contributed by atoms with Crippen molar-refractivity contribution in [2.45, 2.75) is 6.61 Å². The van der Waals surface area contributed by atoms with E-state index in [-0.39, 0.29) is 17.8 Å². The second-order valence-corrected chi connectivity index (χ2v) is 6.59. The molecule has 2 aromatic carbocycles. The van der Waals surface area contributed by atoms with Crippen molar-refractivity contribution in [3.05, 3.63) is 76.3 Å². The largest absolute Gasteiger partial charge is 0.486 e. The van der Waals surface area contributed by atoms with Gasteiger partial charge in [-0.15, -0.1) is 0 Å². The Hall–Kier alpha value is -4.07. The molecule has 4 aromatic rings. The molecular formula is C22H15NO7. The minimum atomic E-state index is -0.762. The van der Waals surface area contributed by atoms with Gasteiger partial charge in [0.05, 0.1) is 5.39 Å². The van der Waals surface area contributed by atoms with Gasteiger partial charge in [-0.3, -0.25) is 4.79 Å². The highest BCUT2D eigenvalue weighted by atomic mass is 16.6. The molecule has 1 aliphatic rings. The van der Waals surface area contributed by atoms with Gasteiger partial charge < -0.3 is 23.2 Å². The molecule has 3 heterocycles. The fourth-order valence-corrected chi connectivity index (χ4v) is 3.13. The summed E-state index contributed by atoms with van der Waals surface area (Å²) in [6.45, 7) is 0.865. The minimum absolute atomic E-state index is 0.135. The SMILES string of the molecule is O=C(OCc1cc(-c2ccc3c(c2)OCCO3)on1)c1cc(=O)c2ccccc2o1. The molecule has 0 radical (unpaired) electrons. The predicted octanol–water partition coefficient (Wildman–Crippen LogP) is 3.58. The maximum absolute atomic E-state index is 12.3. The molecule has 0 N–H and O–H groups in total. The molecule has 0 spiro atoms. The number of esters is 1. The number of fused-ring (bicyclic) bond motifs is 2. The summed E-state index contributed by atoms with van der Waals surface area (Å²) in [6, 6.07) is 14.9. The standard InChI is InChI=1S/C22H15NO7/c24-16-11-21(29-17-4-2-1-3-15(16)17)22(25)28-12-14-10-19(30-23-14)13-5-6-18-20(9-13)27-8-7-26-18/h1-6,9-11H,7-8,12H2. The Bertz CT molecular complexity index is 1300. The zero-order chi connectivity index (χ0) is 20.5. The number of benzene rings is 2. The summed E-state index contributed by atoms with van der Waals surface area (Å²) in [4.78, 5) is 24.4. The van der Waals surface area contributed by atoms with Crippen LogP contribution in [0.4, 0.5) is 0 Å². The van der Waals surface area contributed by atoms with Crippen LogP contribution in [-0.2, 0) is 11.3 Å². The van der Waals surface area contributed by atoms with Crippen molar-refractivity contribution in [1.82, 2.24) is 5.16 Å². The molecule has 1 aliphatic heterocycles. The summed E-state index contributed by atoms with van der Waals surface area (Å²) in [5.41, 5.74) is 1.17. The number of para-hydroxylation sites is 1. The molecule has 0 saturated heterocycles. The number of carbonyl (C=O) groups excluding carboxylic acids is 1. The van der Waals surface area contributed by atoms with Crippen LogP contribution in [-0.4, -0.2) is 24.3 Å². The zero-order valence-electron chi connectivity index (χ0n) is 15.6. The van der Waals surface area contributed by atoms with Crippen molar-refractivity contribution >= 4 is 16.9 Å². The average molecular weight is 405 g/mol. The maximum atomic E-state index is 12.3. The van der Waals surface area contributed by atoms with Crippen molar-refractivity contribution in [3.8, 4) is 22.8 Å². The van der Waals surface area contributed by atoms with Crippen molar-refractivity contribution < 1.29 is 27.9 Å². The molecule has 150 valence electrons. The van der Waals surface area contributed by atoms with Crippen molar-refractivity contribution in [2.75, 3.05) is 13.2 Å². The number of aromatic nitrogens is 1. The third kappa shape index (κ3) is 3.39. The quantitative estimate of drug-likeness (QED) is 0.475. The van der Waals surface area contributed by atoms with E-state index in [1.807, 2.05) is 6.07 Å². The summed E-state index contributed by atoms with van der Waals surface area (Å²) in [6.07, 6.45) is 0. The van der Waals surface area contributed by atoms with Gasteiger partial charge in [-0.1, -0.05) is 17.3 Å². The van der Waals surface area contributed by atoms with E-state index in [0.717, 1.165) is 11.6 Å². The summed E-state index contributed by atoms with van der Waals surface area (Å²) in [5, 5.41) is 4.32. The van der Waals surface area contributed by atoms with Crippen LogP contribution in [0.25, 0.3) is 22.3 Å². The van der Waals surface area contributed by atoms with Gasteiger partial charge in [-0.2, -0.15) is 0 Å². The van der Waals surface area contributed by atoms with E-state index < -0.39 is 5.97 Å². The first-order valence-corrected chi connectivity index (χ1v) is 9.23. The van der Waals surface area contributed by atoms with Crippen LogP contribution in [0.2, 0.25) is 0 Å². The van der Waals surface area contributed by atoms with Crippen molar-refractivity contribution in [3.63, 3.8) is 0 Å². The Labute approximate surface area is 169 Å². The van der Waals surface area contributed by atoms with Gasteiger partial charge in [-0.25, -0.2) is 4.79 Å². The monoisotopic (exact) mass is 405 g/mol. The lowest BCUT2D eigenvalue weighted by Crippen LogP contribution is -2.15. The third-order valence-electron chi connectivity index (χ3n) is 4.57. The average Bonchev–Trinajstić information content (AvgIpc) is 3.26. The smallest absolute Gasteiger partial charge is 0.374 e. The zero-order valence-corrected chi connectivity index (χ0v) is 15.6. The first kappa shape index (κ1) is 18.0. The molecule has 2 aromatic heterocycles. The first-order valence-electron chi connectivity index (χ1n) is 9.23. The van der Waals surface area contributed by atoms with Crippen molar-refractivity contribution in [1.29, 1.82) is 0 Å². The number of nitrogens with zero attached hydrogens (tertiary/aromatic N) is 1. The molecule has 5 rings (SSSR count). The maximum Gasteiger partial charge on any atom is 0.374 e. The van der Waals surface area contributed by atoms with Crippen LogP contribution in [0.5, 0.6) is 11.5 Å². The van der Waals surface area contributed by atoms with E-state index in [1.165, 1.54) is 0 Å². The second kappa shape index (κ2) is 7.40.